The van der Waals surface area contributed by atoms with Crippen LogP contribution in [0, 0.1) is 0 Å². The van der Waals surface area contributed by atoms with Gasteiger partial charge in [0.2, 0.25) is 5.76 Å². The summed E-state index contributed by atoms with van der Waals surface area (Å²) < 4.78 is 16.5. The van der Waals surface area contributed by atoms with E-state index in [-0.39, 0.29) is 30.9 Å². The van der Waals surface area contributed by atoms with Crippen molar-refractivity contribution >= 4 is 22.8 Å². The zero-order valence-electron chi connectivity index (χ0n) is 17.6. The minimum Gasteiger partial charge on any atom is -0.450 e. The van der Waals surface area contributed by atoms with Gasteiger partial charge in [-0.2, -0.15) is 0 Å². The lowest BCUT2D eigenvalue weighted by Gasteiger charge is -2.26. The predicted molar refractivity (Wildman–Crippen MR) is 114 cm³/mol. The summed E-state index contributed by atoms with van der Waals surface area (Å²) >= 11 is 0. The van der Waals surface area contributed by atoms with Gasteiger partial charge in [-0.05, 0) is 32.4 Å². The highest BCUT2D eigenvalue weighted by Crippen LogP contribution is 2.27. The van der Waals surface area contributed by atoms with Crippen LogP contribution < -0.4 is 0 Å². The normalized spacial score (nSPS) is 11.1. The minimum absolute atomic E-state index is 0.0314. The van der Waals surface area contributed by atoms with Gasteiger partial charge in [0, 0.05) is 30.1 Å². The Morgan fingerprint density at radius 3 is 2.43 bits per heavy atom. The summed E-state index contributed by atoms with van der Waals surface area (Å²) in [5.74, 6) is -0.848. The zero-order chi connectivity index (χ0) is 21.5. The Balaban J connectivity index is 1.71. The molecule has 0 saturated carbocycles. The highest BCUT2D eigenvalue weighted by molar-refractivity contribution is 5.96. The average molecular weight is 409 g/mol. The summed E-state index contributed by atoms with van der Waals surface area (Å²) in [5.41, 5.74) is 2.23. The molecule has 1 aromatic heterocycles. The van der Waals surface area contributed by atoms with E-state index in [1.807, 2.05) is 69.3 Å². The number of benzene rings is 2. The van der Waals surface area contributed by atoms with Crippen LogP contribution in [0.3, 0.4) is 0 Å². The summed E-state index contributed by atoms with van der Waals surface area (Å²) in [6, 6.07) is 17.0. The number of amides is 1. The second kappa shape index (κ2) is 10.1. The molecule has 0 unspecified atom stereocenters. The van der Waals surface area contributed by atoms with E-state index >= 15 is 0 Å². The third-order valence-corrected chi connectivity index (χ3v) is 4.80. The minimum atomic E-state index is -0.669. The van der Waals surface area contributed by atoms with E-state index in [9.17, 15) is 9.59 Å². The van der Waals surface area contributed by atoms with Gasteiger partial charge in [-0.1, -0.05) is 48.5 Å². The lowest BCUT2D eigenvalue weighted by molar-refractivity contribution is -0.137. The first-order valence-electron chi connectivity index (χ1n) is 10.1. The molecule has 158 valence electrons. The van der Waals surface area contributed by atoms with Crippen molar-refractivity contribution in [1.29, 1.82) is 0 Å². The van der Waals surface area contributed by atoms with Crippen LogP contribution in [-0.4, -0.2) is 36.0 Å². The molecule has 0 spiro atoms. The lowest BCUT2D eigenvalue weighted by Crippen LogP contribution is -2.39. The maximum absolute atomic E-state index is 12.7. The molecule has 6 nitrogen and oxygen atoms in total. The van der Waals surface area contributed by atoms with Gasteiger partial charge < -0.3 is 18.8 Å². The summed E-state index contributed by atoms with van der Waals surface area (Å²) in [6.07, 6.45) is 0. The fraction of sp³-hybridized carbons (Fsp3) is 0.333. The first-order valence-corrected chi connectivity index (χ1v) is 10.1. The number of ether oxygens (including phenoxy) is 2. The number of esters is 1. The molecule has 1 heterocycles. The van der Waals surface area contributed by atoms with Crippen LogP contribution in [0.2, 0.25) is 0 Å². The number of carbonyl (C=O) groups is 2. The van der Waals surface area contributed by atoms with Gasteiger partial charge in [-0.15, -0.1) is 0 Å². The van der Waals surface area contributed by atoms with Gasteiger partial charge in [0.1, 0.15) is 5.58 Å². The summed E-state index contributed by atoms with van der Waals surface area (Å²) in [7, 11) is 0. The van der Waals surface area contributed by atoms with Crippen LogP contribution in [0.5, 0.6) is 0 Å². The van der Waals surface area contributed by atoms with Gasteiger partial charge in [0.15, 0.2) is 6.61 Å². The number of carbonyl (C=O) groups excluding carboxylic acids is 2. The van der Waals surface area contributed by atoms with Crippen LogP contribution in [0.1, 0.15) is 42.5 Å². The van der Waals surface area contributed by atoms with Crippen molar-refractivity contribution in [3.05, 3.63) is 71.5 Å². The number of para-hydroxylation sites is 1. The van der Waals surface area contributed by atoms with E-state index < -0.39 is 5.97 Å². The average Bonchev–Trinajstić information content (AvgIpc) is 3.13. The maximum Gasteiger partial charge on any atom is 0.375 e. The summed E-state index contributed by atoms with van der Waals surface area (Å²) in [5, 5.41) is 0.803. The van der Waals surface area contributed by atoms with E-state index in [0.29, 0.717) is 24.3 Å². The molecule has 0 bridgehead atoms. The maximum atomic E-state index is 12.7. The Morgan fingerprint density at radius 2 is 1.73 bits per heavy atom. The van der Waals surface area contributed by atoms with Crippen molar-refractivity contribution in [2.75, 3.05) is 13.2 Å². The van der Waals surface area contributed by atoms with Gasteiger partial charge in [-0.25, -0.2) is 4.79 Å². The molecular formula is C24H27NO5. The number of furan rings is 1. The highest BCUT2D eigenvalue weighted by Gasteiger charge is 2.24. The first-order chi connectivity index (χ1) is 14.5. The number of fused-ring (bicyclic) bond motifs is 1. The summed E-state index contributed by atoms with van der Waals surface area (Å²) in [6.45, 7) is 6.59. The Hall–Kier alpha value is -3.12. The Morgan fingerprint density at radius 1 is 1.03 bits per heavy atom. The quantitative estimate of drug-likeness (QED) is 0.485. The SMILES string of the molecule is CCOCc1c(C(=O)OCC(=O)N(Cc2ccccc2)C(C)C)oc2ccccc12. The van der Waals surface area contributed by atoms with Crippen molar-refractivity contribution in [2.24, 2.45) is 0 Å². The third kappa shape index (κ3) is 5.07. The molecule has 30 heavy (non-hydrogen) atoms. The first kappa shape index (κ1) is 21.6. The molecule has 2 aromatic carbocycles. The third-order valence-electron chi connectivity index (χ3n) is 4.80. The molecule has 0 radical (unpaired) electrons. The van der Waals surface area contributed by atoms with E-state index in [1.54, 1.807) is 11.0 Å². The zero-order valence-corrected chi connectivity index (χ0v) is 17.6. The van der Waals surface area contributed by atoms with Crippen molar-refractivity contribution in [3.63, 3.8) is 0 Å². The van der Waals surface area contributed by atoms with Crippen LogP contribution >= 0.6 is 0 Å². The number of hydrogen-bond acceptors (Lipinski definition) is 5. The lowest BCUT2D eigenvalue weighted by atomic mass is 10.1. The van der Waals surface area contributed by atoms with Crippen molar-refractivity contribution in [3.8, 4) is 0 Å². The number of rotatable bonds is 9. The predicted octanol–water partition coefficient (Wildman–Crippen LogP) is 4.56. The van der Waals surface area contributed by atoms with Gasteiger partial charge in [-0.3, -0.25) is 4.79 Å². The van der Waals surface area contributed by atoms with Gasteiger partial charge >= 0.3 is 5.97 Å². The molecule has 0 aliphatic carbocycles. The number of nitrogens with zero attached hydrogens (tertiary/aromatic N) is 1. The van der Waals surface area contributed by atoms with E-state index in [0.717, 1.165) is 10.9 Å². The van der Waals surface area contributed by atoms with Crippen LogP contribution in [0.4, 0.5) is 0 Å². The van der Waals surface area contributed by atoms with Crippen molar-refractivity contribution < 1.29 is 23.5 Å². The molecule has 3 aromatic rings. The molecule has 0 atom stereocenters. The highest BCUT2D eigenvalue weighted by atomic mass is 16.5. The largest absolute Gasteiger partial charge is 0.450 e. The molecule has 0 aliphatic heterocycles. The Kier molecular flexibility index (Phi) is 7.25. The van der Waals surface area contributed by atoms with E-state index in [4.69, 9.17) is 13.9 Å². The van der Waals surface area contributed by atoms with Crippen LogP contribution in [-0.2, 0) is 27.4 Å². The van der Waals surface area contributed by atoms with Gasteiger partial charge in [0.05, 0.1) is 6.61 Å². The molecule has 0 aliphatic rings. The second-order valence-electron chi connectivity index (χ2n) is 7.22. The molecule has 6 heteroatoms. The fourth-order valence-corrected chi connectivity index (χ4v) is 3.23. The molecule has 0 saturated heterocycles. The Bertz CT molecular complexity index is 993. The Labute approximate surface area is 176 Å². The molecule has 0 N–H and O–H groups in total. The van der Waals surface area contributed by atoms with E-state index in [2.05, 4.69) is 0 Å². The fourth-order valence-electron chi connectivity index (χ4n) is 3.23. The number of hydrogen-bond donors (Lipinski definition) is 0. The second-order valence-corrected chi connectivity index (χ2v) is 7.22. The van der Waals surface area contributed by atoms with Crippen molar-refractivity contribution in [2.45, 2.75) is 40.0 Å². The van der Waals surface area contributed by atoms with Crippen molar-refractivity contribution in [1.82, 2.24) is 4.90 Å². The molecule has 1 amide bonds. The topological polar surface area (TPSA) is 69.0 Å². The molecular weight excluding hydrogens is 382 g/mol. The van der Waals surface area contributed by atoms with Gasteiger partial charge in [0.25, 0.3) is 5.91 Å². The summed E-state index contributed by atoms with van der Waals surface area (Å²) in [4.78, 5) is 27.1. The standard InChI is InChI=1S/C24H27NO5/c1-4-28-15-20-19-12-8-9-13-21(19)30-23(20)24(27)29-16-22(26)25(17(2)3)14-18-10-6-5-7-11-18/h5-13,17H,4,14-16H2,1-3H3. The monoisotopic (exact) mass is 409 g/mol. The van der Waals surface area contributed by atoms with Crippen LogP contribution in [0.25, 0.3) is 11.0 Å². The van der Waals surface area contributed by atoms with E-state index in [1.165, 1.54) is 0 Å². The smallest absolute Gasteiger partial charge is 0.375 e. The molecule has 3 rings (SSSR count). The van der Waals surface area contributed by atoms with Crippen LogP contribution in [0.15, 0.2) is 59.0 Å². The molecule has 0 fully saturated rings.